The van der Waals surface area contributed by atoms with Gasteiger partial charge in [0.15, 0.2) is 17.6 Å². The summed E-state index contributed by atoms with van der Waals surface area (Å²) in [7, 11) is 3.20. The molecule has 2 aromatic rings. The largest absolute Gasteiger partial charge is 0.493 e. The van der Waals surface area contributed by atoms with Gasteiger partial charge in [-0.05, 0) is 55.7 Å². The zero-order chi connectivity index (χ0) is 20.3. The molecule has 0 spiro atoms. The highest BCUT2D eigenvalue weighted by Gasteiger charge is 2.34. The number of halogens is 2. The molecule has 150 valence electrons. The van der Waals surface area contributed by atoms with Gasteiger partial charge in [-0.2, -0.15) is 0 Å². The van der Waals surface area contributed by atoms with Crippen molar-refractivity contribution in [1.29, 1.82) is 0 Å². The topological polar surface area (TPSA) is 48.0 Å². The molecule has 2 unspecified atom stereocenters. The predicted octanol–water partition coefficient (Wildman–Crippen LogP) is 5.14. The van der Waals surface area contributed by atoms with E-state index in [0.29, 0.717) is 33.8 Å². The average Bonchev–Trinajstić information content (AvgIpc) is 3.18. The van der Waals surface area contributed by atoms with E-state index in [0.717, 1.165) is 18.4 Å². The van der Waals surface area contributed by atoms with Gasteiger partial charge in [0, 0.05) is 11.6 Å². The second-order valence-electron chi connectivity index (χ2n) is 6.64. The lowest BCUT2D eigenvalue weighted by atomic mass is 10.0. The van der Waals surface area contributed by atoms with E-state index in [9.17, 15) is 4.79 Å². The van der Waals surface area contributed by atoms with Crippen LogP contribution in [-0.4, -0.2) is 37.7 Å². The van der Waals surface area contributed by atoms with Crippen molar-refractivity contribution in [2.75, 3.05) is 20.8 Å². The Morgan fingerprint density at radius 1 is 1.07 bits per heavy atom. The first kappa shape index (κ1) is 20.6. The molecule has 3 rings (SSSR count). The van der Waals surface area contributed by atoms with Crippen LogP contribution in [0, 0.1) is 0 Å². The lowest BCUT2D eigenvalue weighted by Crippen LogP contribution is -2.40. The van der Waals surface area contributed by atoms with Gasteiger partial charge in [-0.25, -0.2) is 0 Å². The van der Waals surface area contributed by atoms with Crippen molar-refractivity contribution in [3.8, 4) is 17.2 Å². The Hall–Kier alpha value is -2.11. The van der Waals surface area contributed by atoms with Gasteiger partial charge in [0.25, 0.3) is 5.91 Å². The zero-order valence-corrected chi connectivity index (χ0v) is 17.6. The molecule has 1 amide bonds. The molecule has 1 aliphatic heterocycles. The Balaban J connectivity index is 1.77. The Morgan fingerprint density at radius 3 is 2.46 bits per heavy atom. The third-order valence-electron chi connectivity index (χ3n) is 4.87. The second-order valence-corrected chi connectivity index (χ2v) is 7.48. The molecular formula is C21H23Cl2NO4. The van der Waals surface area contributed by atoms with Crippen LogP contribution in [0.25, 0.3) is 0 Å². The molecule has 2 atom stereocenters. The molecule has 2 aromatic carbocycles. The molecule has 0 aromatic heterocycles. The number of benzene rings is 2. The van der Waals surface area contributed by atoms with Gasteiger partial charge in [0.1, 0.15) is 5.75 Å². The third kappa shape index (κ3) is 4.31. The monoisotopic (exact) mass is 423 g/mol. The van der Waals surface area contributed by atoms with Crippen molar-refractivity contribution in [2.45, 2.75) is 31.9 Å². The van der Waals surface area contributed by atoms with Crippen molar-refractivity contribution < 1.29 is 19.0 Å². The summed E-state index contributed by atoms with van der Waals surface area (Å²) in [6.07, 6.45) is 1.15. The van der Waals surface area contributed by atoms with Crippen LogP contribution < -0.4 is 14.2 Å². The molecule has 0 bridgehead atoms. The smallest absolute Gasteiger partial charge is 0.263 e. The quantitative estimate of drug-likeness (QED) is 0.644. The van der Waals surface area contributed by atoms with Gasteiger partial charge in [0.05, 0.1) is 25.3 Å². The number of hydrogen-bond acceptors (Lipinski definition) is 4. The van der Waals surface area contributed by atoms with Crippen LogP contribution >= 0.6 is 23.2 Å². The maximum atomic E-state index is 13.1. The van der Waals surface area contributed by atoms with Crippen molar-refractivity contribution >= 4 is 29.1 Å². The molecular weight excluding hydrogens is 401 g/mol. The summed E-state index contributed by atoms with van der Waals surface area (Å²) >= 11 is 12.1. The molecule has 1 heterocycles. The van der Waals surface area contributed by atoms with Gasteiger partial charge in [-0.1, -0.05) is 29.3 Å². The molecule has 28 heavy (non-hydrogen) atoms. The van der Waals surface area contributed by atoms with Crippen LogP contribution in [0.1, 0.15) is 31.4 Å². The summed E-state index contributed by atoms with van der Waals surface area (Å²) in [4.78, 5) is 14.9. The number of amides is 1. The van der Waals surface area contributed by atoms with E-state index in [4.69, 9.17) is 37.4 Å². The van der Waals surface area contributed by atoms with E-state index in [2.05, 4.69) is 0 Å². The van der Waals surface area contributed by atoms with E-state index < -0.39 is 6.10 Å². The minimum atomic E-state index is -0.667. The number of nitrogens with zero attached hydrogens (tertiary/aromatic N) is 1. The number of hydrogen-bond donors (Lipinski definition) is 0. The van der Waals surface area contributed by atoms with Gasteiger partial charge in [0.2, 0.25) is 0 Å². The maximum Gasteiger partial charge on any atom is 0.263 e. The number of carbonyl (C=O) groups is 1. The Bertz CT molecular complexity index is 858. The van der Waals surface area contributed by atoms with Crippen LogP contribution in [0.2, 0.25) is 10.0 Å². The summed E-state index contributed by atoms with van der Waals surface area (Å²) in [5, 5.41) is 0.898. The molecule has 1 fully saturated rings. The first-order valence-electron chi connectivity index (χ1n) is 9.08. The number of likely N-dealkylation sites (tertiary alicyclic amines) is 1. The zero-order valence-electron chi connectivity index (χ0n) is 16.1. The number of methoxy groups -OCH3 is 2. The fourth-order valence-corrected chi connectivity index (χ4v) is 3.94. The summed E-state index contributed by atoms with van der Waals surface area (Å²) in [5.74, 6) is 1.67. The third-order valence-corrected chi connectivity index (χ3v) is 5.40. The van der Waals surface area contributed by atoms with Gasteiger partial charge in [-0.15, -0.1) is 0 Å². The van der Waals surface area contributed by atoms with Crippen molar-refractivity contribution in [3.05, 3.63) is 52.0 Å². The fraction of sp³-hybridized carbons (Fsp3) is 0.381. The minimum absolute atomic E-state index is 0.0287. The van der Waals surface area contributed by atoms with Crippen LogP contribution in [0.5, 0.6) is 17.2 Å². The Morgan fingerprint density at radius 2 is 1.79 bits per heavy atom. The van der Waals surface area contributed by atoms with Crippen LogP contribution in [-0.2, 0) is 4.79 Å². The molecule has 5 nitrogen and oxygen atoms in total. The summed E-state index contributed by atoms with van der Waals surface area (Å²) in [6, 6.07) is 10.7. The first-order valence-corrected chi connectivity index (χ1v) is 9.84. The van der Waals surface area contributed by atoms with E-state index in [1.807, 2.05) is 23.1 Å². The summed E-state index contributed by atoms with van der Waals surface area (Å²) < 4.78 is 16.5. The SMILES string of the molecule is COc1ccc(C2CCCN2C(=O)C(C)Oc2ccc(Cl)cc2Cl)cc1OC. The van der Waals surface area contributed by atoms with E-state index in [1.165, 1.54) is 0 Å². The maximum absolute atomic E-state index is 13.1. The molecule has 0 aliphatic carbocycles. The highest BCUT2D eigenvalue weighted by molar-refractivity contribution is 6.35. The molecule has 1 aliphatic rings. The minimum Gasteiger partial charge on any atom is -0.493 e. The number of carbonyl (C=O) groups excluding carboxylic acids is 1. The lowest BCUT2D eigenvalue weighted by Gasteiger charge is -2.28. The molecule has 0 saturated carbocycles. The van der Waals surface area contributed by atoms with Gasteiger partial charge < -0.3 is 19.1 Å². The van der Waals surface area contributed by atoms with Crippen molar-refractivity contribution in [3.63, 3.8) is 0 Å². The lowest BCUT2D eigenvalue weighted by molar-refractivity contribution is -0.138. The first-order chi connectivity index (χ1) is 13.4. The Labute approximate surface area is 175 Å². The van der Waals surface area contributed by atoms with Gasteiger partial charge >= 0.3 is 0 Å². The predicted molar refractivity (Wildman–Crippen MR) is 110 cm³/mol. The normalized spacial score (nSPS) is 17.3. The molecule has 7 heteroatoms. The molecule has 0 radical (unpaired) electrons. The summed E-state index contributed by atoms with van der Waals surface area (Å²) in [5.41, 5.74) is 1.01. The second kappa shape index (κ2) is 8.93. The van der Waals surface area contributed by atoms with E-state index in [-0.39, 0.29) is 11.9 Å². The number of ether oxygens (including phenoxy) is 3. The van der Waals surface area contributed by atoms with Crippen molar-refractivity contribution in [1.82, 2.24) is 4.90 Å². The van der Waals surface area contributed by atoms with Crippen LogP contribution in [0.3, 0.4) is 0 Å². The standard InChI is InChI=1S/C21H23Cl2NO4/c1-13(28-18-9-7-15(22)12-16(18)23)21(25)24-10-4-5-17(24)14-6-8-19(26-2)20(11-14)27-3/h6-9,11-13,17H,4-5,10H2,1-3H3. The number of rotatable bonds is 6. The summed E-state index contributed by atoms with van der Waals surface area (Å²) in [6.45, 7) is 2.41. The average molecular weight is 424 g/mol. The van der Waals surface area contributed by atoms with E-state index >= 15 is 0 Å². The van der Waals surface area contributed by atoms with Crippen molar-refractivity contribution in [2.24, 2.45) is 0 Å². The molecule has 1 saturated heterocycles. The highest BCUT2D eigenvalue weighted by atomic mass is 35.5. The highest BCUT2D eigenvalue weighted by Crippen LogP contribution is 2.37. The van der Waals surface area contributed by atoms with Gasteiger partial charge in [-0.3, -0.25) is 4.79 Å². The van der Waals surface area contributed by atoms with Crippen LogP contribution in [0.4, 0.5) is 0 Å². The Kier molecular flexibility index (Phi) is 6.57. The van der Waals surface area contributed by atoms with Crippen LogP contribution in [0.15, 0.2) is 36.4 Å². The van der Waals surface area contributed by atoms with E-state index in [1.54, 1.807) is 39.3 Å². The molecule has 0 N–H and O–H groups in total. The fourth-order valence-electron chi connectivity index (χ4n) is 3.48.